The molecule has 108 valence electrons. The number of hydrogen-bond acceptors (Lipinski definition) is 3. The number of likely N-dealkylation sites (N-methyl/N-ethyl adjacent to an activating group) is 1. The third-order valence-corrected chi connectivity index (χ3v) is 4.42. The lowest BCUT2D eigenvalue weighted by Gasteiger charge is -2.34. The zero-order chi connectivity index (χ0) is 13.9. The van der Waals surface area contributed by atoms with E-state index in [1.165, 1.54) is 0 Å². The molecule has 2 heterocycles. The highest BCUT2D eigenvalue weighted by atomic mass is 16.2. The summed E-state index contributed by atoms with van der Waals surface area (Å²) in [4.78, 5) is 25.7. The van der Waals surface area contributed by atoms with Crippen LogP contribution >= 0.6 is 0 Å². The van der Waals surface area contributed by atoms with Crippen LogP contribution in [0.2, 0.25) is 0 Å². The third-order valence-electron chi connectivity index (χ3n) is 4.42. The molecule has 2 rings (SSSR count). The second-order valence-electron chi connectivity index (χ2n) is 5.94. The molecule has 0 aromatic heterocycles. The predicted octanol–water partition coefficient (Wildman–Crippen LogP) is 0.503. The van der Waals surface area contributed by atoms with Crippen LogP contribution in [0.25, 0.3) is 0 Å². The van der Waals surface area contributed by atoms with Crippen molar-refractivity contribution in [1.29, 1.82) is 0 Å². The first kappa shape index (κ1) is 14.3. The van der Waals surface area contributed by atoms with Gasteiger partial charge in [0.1, 0.15) is 0 Å². The van der Waals surface area contributed by atoms with Crippen molar-refractivity contribution in [2.45, 2.75) is 45.1 Å². The van der Waals surface area contributed by atoms with Crippen LogP contribution in [0.15, 0.2) is 0 Å². The number of carbonyl (C=O) groups is 2. The number of hydrogen-bond donors (Lipinski definition) is 2. The van der Waals surface area contributed by atoms with Gasteiger partial charge in [0.05, 0.1) is 5.41 Å². The summed E-state index contributed by atoms with van der Waals surface area (Å²) in [6.07, 6.45) is 4.20. The Morgan fingerprint density at radius 2 is 2.37 bits per heavy atom. The van der Waals surface area contributed by atoms with E-state index in [1.807, 2.05) is 0 Å². The van der Waals surface area contributed by atoms with Crippen molar-refractivity contribution in [3.05, 3.63) is 0 Å². The molecular weight excluding hydrogens is 242 g/mol. The smallest absolute Gasteiger partial charge is 0.227 e. The molecule has 0 aromatic carbocycles. The standard InChI is InChI=1S/C14H25N3O2/c1-3-6-14(7-8-15-10-14)13(19)16-11-4-5-12(18)17(2)9-11/h11,15H,3-10H2,1-2H3,(H,16,19). The Labute approximate surface area is 115 Å². The first-order chi connectivity index (χ1) is 9.07. The monoisotopic (exact) mass is 267 g/mol. The fourth-order valence-corrected chi connectivity index (χ4v) is 3.21. The maximum atomic E-state index is 12.6. The molecule has 2 fully saturated rings. The number of piperidine rings is 1. The van der Waals surface area contributed by atoms with Gasteiger partial charge in [0.25, 0.3) is 0 Å². The number of carbonyl (C=O) groups excluding carboxylic acids is 2. The average Bonchev–Trinajstić information content (AvgIpc) is 2.84. The summed E-state index contributed by atoms with van der Waals surface area (Å²) in [6.45, 7) is 4.48. The molecule has 2 N–H and O–H groups in total. The van der Waals surface area contributed by atoms with E-state index in [0.717, 1.165) is 38.8 Å². The Kier molecular flexibility index (Phi) is 4.45. The van der Waals surface area contributed by atoms with E-state index in [-0.39, 0.29) is 23.3 Å². The van der Waals surface area contributed by atoms with Crippen LogP contribution in [0.3, 0.4) is 0 Å². The highest BCUT2D eigenvalue weighted by molar-refractivity contribution is 5.84. The second kappa shape index (κ2) is 5.90. The molecule has 0 saturated carbocycles. The molecule has 2 aliphatic rings. The minimum absolute atomic E-state index is 0.115. The topological polar surface area (TPSA) is 61.4 Å². The number of amides is 2. The lowest BCUT2D eigenvalue weighted by atomic mass is 9.81. The summed E-state index contributed by atoms with van der Waals surface area (Å²) in [5.41, 5.74) is -0.227. The van der Waals surface area contributed by atoms with Crippen molar-refractivity contribution in [2.75, 3.05) is 26.7 Å². The van der Waals surface area contributed by atoms with E-state index in [1.54, 1.807) is 11.9 Å². The van der Waals surface area contributed by atoms with Gasteiger partial charge < -0.3 is 15.5 Å². The molecule has 2 amide bonds. The molecule has 0 aromatic rings. The van der Waals surface area contributed by atoms with E-state index in [9.17, 15) is 9.59 Å². The molecule has 2 unspecified atom stereocenters. The van der Waals surface area contributed by atoms with Gasteiger partial charge in [-0.25, -0.2) is 0 Å². The molecule has 5 nitrogen and oxygen atoms in total. The van der Waals surface area contributed by atoms with Gasteiger partial charge in [-0.1, -0.05) is 13.3 Å². The van der Waals surface area contributed by atoms with Crippen LogP contribution < -0.4 is 10.6 Å². The number of nitrogens with zero attached hydrogens (tertiary/aromatic N) is 1. The van der Waals surface area contributed by atoms with Gasteiger partial charge in [-0.3, -0.25) is 9.59 Å². The van der Waals surface area contributed by atoms with Gasteiger partial charge in [0, 0.05) is 32.6 Å². The molecule has 2 aliphatic heterocycles. The van der Waals surface area contributed by atoms with E-state index in [2.05, 4.69) is 17.6 Å². The fourth-order valence-electron chi connectivity index (χ4n) is 3.21. The summed E-state index contributed by atoms with van der Waals surface area (Å²) < 4.78 is 0. The summed E-state index contributed by atoms with van der Waals surface area (Å²) in [7, 11) is 1.81. The lowest BCUT2D eigenvalue weighted by molar-refractivity contribution is -0.136. The van der Waals surface area contributed by atoms with Crippen LogP contribution in [0.5, 0.6) is 0 Å². The zero-order valence-corrected chi connectivity index (χ0v) is 12.0. The predicted molar refractivity (Wildman–Crippen MR) is 73.6 cm³/mol. The number of nitrogens with one attached hydrogen (secondary N) is 2. The third kappa shape index (κ3) is 3.08. The van der Waals surface area contributed by atoms with Gasteiger partial charge >= 0.3 is 0 Å². The van der Waals surface area contributed by atoms with Gasteiger partial charge in [0.15, 0.2) is 0 Å². The average molecular weight is 267 g/mol. The largest absolute Gasteiger partial charge is 0.351 e. The Hall–Kier alpha value is -1.10. The van der Waals surface area contributed by atoms with Crippen LogP contribution in [0, 0.1) is 5.41 Å². The van der Waals surface area contributed by atoms with Crippen molar-refractivity contribution in [3.63, 3.8) is 0 Å². The Balaban J connectivity index is 1.94. The molecule has 2 atom stereocenters. The number of rotatable bonds is 4. The van der Waals surface area contributed by atoms with E-state index < -0.39 is 0 Å². The molecular formula is C14H25N3O2. The summed E-state index contributed by atoms with van der Waals surface area (Å²) in [5, 5.41) is 6.47. The quantitative estimate of drug-likeness (QED) is 0.780. The molecule has 0 radical (unpaired) electrons. The van der Waals surface area contributed by atoms with Gasteiger partial charge in [-0.05, 0) is 25.8 Å². The molecule has 0 bridgehead atoms. The van der Waals surface area contributed by atoms with Crippen LogP contribution in [0.1, 0.15) is 39.0 Å². The van der Waals surface area contributed by atoms with Crippen LogP contribution in [-0.4, -0.2) is 49.4 Å². The van der Waals surface area contributed by atoms with Gasteiger partial charge in [0.2, 0.25) is 11.8 Å². The van der Waals surface area contributed by atoms with Crippen LogP contribution in [0.4, 0.5) is 0 Å². The SMILES string of the molecule is CCCC1(C(=O)NC2CCC(=O)N(C)C2)CCNC1. The summed E-state index contributed by atoms with van der Waals surface area (Å²) >= 11 is 0. The highest BCUT2D eigenvalue weighted by Crippen LogP contribution is 2.31. The maximum Gasteiger partial charge on any atom is 0.227 e. The van der Waals surface area contributed by atoms with Crippen molar-refractivity contribution < 1.29 is 9.59 Å². The van der Waals surface area contributed by atoms with E-state index in [0.29, 0.717) is 13.0 Å². The minimum atomic E-state index is -0.227. The Morgan fingerprint density at radius 1 is 1.58 bits per heavy atom. The van der Waals surface area contributed by atoms with E-state index >= 15 is 0 Å². The molecule has 19 heavy (non-hydrogen) atoms. The molecule has 5 heteroatoms. The first-order valence-electron chi connectivity index (χ1n) is 7.33. The Morgan fingerprint density at radius 3 is 2.95 bits per heavy atom. The minimum Gasteiger partial charge on any atom is -0.351 e. The van der Waals surface area contributed by atoms with Crippen molar-refractivity contribution in [3.8, 4) is 0 Å². The Bertz CT molecular complexity index is 351. The maximum absolute atomic E-state index is 12.6. The zero-order valence-electron chi connectivity index (χ0n) is 12.0. The van der Waals surface area contributed by atoms with Gasteiger partial charge in [-0.15, -0.1) is 0 Å². The molecule has 0 spiro atoms. The molecule has 2 saturated heterocycles. The highest BCUT2D eigenvalue weighted by Gasteiger charge is 2.41. The van der Waals surface area contributed by atoms with Gasteiger partial charge in [-0.2, -0.15) is 0 Å². The summed E-state index contributed by atoms with van der Waals surface area (Å²) in [6, 6.07) is 0.115. The van der Waals surface area contributed by atoms with Crippen molar-refractivity contribution in [1.82, 2.24) is 15.5 Å². The van der Waals surface area contributed by atoms with E-state index in [4.69, 9.17) is 0 Å². The first-order valence-corrected chi connectivity index (χ1v) is 7.33. The second-order valence-corrected chi connectivity index (χ2v) is 5.94. The number of likely N-dealkylation sites (tertiary alicyclic amines) is 1. The summed E-state index contributed by atoms with van der Waals surface area (Å²) in [5.74, 6) is 0.350. The fraction of sp³-hybridized carbons (Fsp3) is 0.857. The van der Waals surface area contributed by atoms with Crippen LogP contribution in [-0.2, 0) is 9.59 Å². The lowest BCUT2D eigenvalue weighted by Crippen LogP contribution is -2.53. The van der Waals surface area contributed by atoms with Crippen molar-refractivity contribution >= 4 is 11.8 Å². The normalized spacial score (nSPS) is 31.6. The molecule has 0 aliphatic carbocycles. The van der Waals surface area contributed by atoms with Crippen molar-refractivity contribution in [2.24, 2.45) is 5.41 Å².